The second kappa shape index (κ2) is 9.44. The molecule has 7 nitrogen and oxygen atoms in total. The molecule has 0 spiro atoms. The van der Waals surface area contributed by atoms with E-state index in [4.69, 9.17) is 4.74 Å². The molecule has 0 saturated carbocycles. The summed E-state index contributed by atoms with van der Waals surface area (Å²) in [6.07, 6.45) is 0. The smallest absolute Gasteiger partial charge is 0.266 e. The minimum atomic E-state index is -0.416. The Hall–Kier alpha value is -3.81. The van der Waals surface area contributed by atoms with Crippen molar-refractivity contribution in [3.05, 3.63) is 94.0 Å². The number of rotatable bonds is 5. The van der Waals surface area contributed by atoms with Crippen LogP contribution in [0.4, 0.5) is 11.4 Å². The molecule has 1 N–H and O–H groups in total. The number of hydrogen-bond donors (Lipinski definition) is 1. The summed E-state index contributed by atoms with van der Waals surface area (Å²) < 4.78 is 5.42. The molecule has 178 valence electrons. The molecule has 0 unspecified atom stereocenters. The number of carbonyl (C=O) groups excluding carboxylic acids is 3. The average molecular weight is 470 g/mol. The Balaban J connectivity index is 1.38. The minimum absolute atomic E-state index is 0.241. The molecule has 0 aromatic heterocycles. The molecule has 0 atom stereocenters. The molecule has 5 rings (SSSR count). The Morgan fingerprint density at radius 1 is 0.914 bits per heavy atom. The van der Waals surface area contributed by atoms with Gasteiger partial charge in [0.05, 0.1) is 30.0 Å². The van der Waals surface area contributed by atoms with Gasteiger partial charge in [-0.05, 0) is 60.9 Å². The van der Waals surface area contributed by atoms with Gasteiger partial charge in [-0.2, -0.15) is 0 Å². The van der Waals surface area contributed by atoms with Gasteiger partial charge in [-0.1, -0.05) is 30.3 Å². The highest BCUT2D eigenvalue weighted by atomic mass is 16.5. The number of nitrogens with one attached hydrogen (secondary N) is 1. The van der Waals surface area contributed by atoms with Gasteiger partial charge in [0.1, 0.15) is 0 Å². The number of carbonyl (C=O) groups is 3. The van der Waals surface area contributed by atoms with E-state index >= 15 is 0 Å². The molecule has 1 saturated heterocycles. The molecule has 0 aliphatic carbocycles. The highest BCUT2D eigenvalue weighted by molar-refractivity contribution is 6.35. The predicted molar refractivity (Wildman–Crippen MR) is 134 cm³/mol. The van der Waals surface area contributed by atoms with Crippen molar-refractivity contribution in [2.75, 3.05) is 36.5 Å². The van der Waals surface area contributed by atoms with Gasteiger partial charge >= 0.3 is 0 Å². The summed E-state index contributed by atoms with van der Waals surface area (Å²) in [5.41, 5.74) is 4.97. The summed E-state index contributed by atoms with van der Waals surface area (Å²) in [5.74, 6) is -1.12. The third-order valence-corrected chi connectivity index (χ3v) is 6.52. The van der Waals surface area contributed by atoms with Crippen molar-refractivity contribution in [2.45, 2.75) is 20.4 Å². The number of imide groups is 1. The van der Waals surface area contributed by atoms with Gasteiger partial charge in [-0.15, -0.1) is 0 Å². The molecular weight excluding hydrogens is 442 g/mol. The second-order valence-corrected chi connectivity index (χ2v) is 9.00. The van der Waals surface area contributed by atoms with Crippen molar-refractivity contribution in [3.8, 4) is 0 Å². The second-order valence-electron chi connectivity index (χ2n) is 9.00. The first kappa shape index (κ1) is 23.0. The zero-order chi connectivity index (χ0) is 24.5. The Bertz CT molecular complexity index is 1330. The predicted octanol–water partition coefficient (Wildman–Crippen LogP) is 4.19. The zero-order valence-electron chi connectivity index (χ0n) is 19.8. The van der Waals surface area contributed by atoms with Crippen molar-refractivity contribution in [3.63, 3.8) is 0 Å². The van der Waals surface area contributed by atoms with Crippen molar-refractivity contribution >= 4 is 29.1 Å². The van der Waals surface area contributed by atoms with E-state index in [1.54, 1.807) is 12.1 Å². The maximum atomic E-state index is 13.2. The SMILES string of the molecule is Cc1ccc(C)c(N2C(=O)c3ccc(C(=O)Nc4ccccc4CN4CCOCC4)cc3C2=O)c1. The summed E-state index contributed by atoms with van der Waals surface area (Å²) in [7, 11) is 0. The quantitative estimate of drug-likeness (QED) is 0.567. The third-order valence-electron chi connectivity index (χ3n) is 6.52. The number of ether oxygens (including phenoxy) is 1. The van der Waals surface area contributed by atoms with E-state index in [1.165, 1.54) is 11.0 Å². The molecule has 35 heavy (non-hydrogen) atoms. The number of benzene rings is 3. The lowest BCUT2D eigenvalue weighted by molar-refractivity contribution is 0.0342. The van der Waals surface area contributed by atoms with E-state index in [1.807, 2.05) is 56.3 Å². The maximum absolute atomic E-state index is 13.2. The number of hydrogen-bond acceptors (Lipinski definition) is 5. The monoisotopic (exact) mass is 469 g/mol. The highest BCUT2D eigenvalue weighted by Crippen LogP contribution is 2.32. The minimum Gasteiger partial charge on any atom is -0.379 e. The van der Waals surface area contributed by atoms with Crippen LogP contribution in [0, 0.1) is 13.8 Å². The summed E-state index contributed by atoms with van der Waals surface area (Å²) in [6, 6.07) is 18.0. The number of fused-ring (bicyclic) bond motifs is 1. The van der Waals surface area contributed by atoms with Crippen molar-refractivity contribution < 1.29 is 19.1 Å². The van der Waals surface area contributed by atoms with Crippen LogP contribution < -0.4 is 10.2 Å². The Morgan fingerprint density at radius 3 is 2.46 bits per heavy atom. The van der Waals surface area contributed by atoms with Crippen LogP contribution in [-0.2, 0) is 11.3 Å². The van der Waals surface area contributed by atoms with E-state index in [-0.39, 0.29) is 17.4 Å². The molecule has 1 fully saturated rings. The van der Waals surface area contributed by atoms with Gasteiger partial charge in [-0.25, -0.2) is 4.90 Å². The molecule has 0 bridgehead atoms. The normalized spacial score (nSPS) is 15.9. The molecular formula is C28H27N3O4. The Labute approximate surface area is 204 Å². The van der Waals surface area contributed by atoms with Crippen LogP contribution in [0.1, 0.15) is 47.8 Å². The average Bonchev–Trinajstić information content (AvgIpc) is 3.11. The number of anilines is 2. The molecule has 7 heteroatoms. The lowest BCUT2D eigenvalue weighted by Gasteiger charge is -2.27. The standard InChI is InChI=1S/C28H27N3O4/c1-18-7-8-19(2)25(15-18)31-27(33)22-10-9-20(16-23(22)28(31)34)26(32)29-24-6-4-3-5-21(24)17-30-11-13-35-14-12-30/h3-10,15-16H,11-14,17H2,1-2H3,(H,29,32). The maximum Gasteiger partial charge on any atom is 0.266 e. The van der Waals surface area contributed by atoms with Gasteiger partial charge in [0.15, 0.2) is 0 Å². The number of amides is 3. The molecule has 2 aliphatic heterocycles. The number of aryl methyl sites for hydroxylation is 2. The first-order chi connectivity index (χ1) is 16.9. The van der Waals surface area contributed by atoms with Crippen LogP contribution in [0.3, 0.4) is 0 Å². The first-order valence-corrected chi connectivity index (χ1v) is 11.7. The van der Waals surface area contributed by atoms with Crippen molar-refractivity contribution in [1.82, 2.24) is 4.90 Å². The van der Waals surface area contributed by atoms with Gasteiger partial charge in [0.2, 0.25) is 0 Å². The fourth-order valence-electron chi connectivity index (χ4n) is 4.54. The fourth-order valence-corrected chi connectivity index (χ4v) is 4.54. The lowest BCUT2D eigenvalue weighted by atomic mass is 10.0. The number of para-hydroxylation sites is 1. The van der Waals surface area contributed by atoms with Crippen LogP contribution in [0.25, 0.3) is 0 Å². The van der Waals surface area contributed by atoms with E-state index in [9.17, 15) is 14.4 Å². The van der Waals surface area contributed by atoms with Crippen LogP contribution in [-0.4, -0.2) is 48.9 Å². The Morgan fingerprint density at radius 2 is 1.66 bits per heavy atom. The topological polar surface area (TPSA) is 79.0 Å². The summed E-state index contributed by atoms with van der Waals surface area (Å²) in [4.78, 5) is 42.9. The van der Waals surface area contributed by atoms with Crippen LogP contribution in [0.2, 0.25) is 0 Å². The molecule has 2 aliphatic rings. The molecule has 3 amide bonds. The number of morpholine rings is 1. The zero-order valence-corrected chi connectivity index (χ0v) is 19.8. The molecule has 3 aromatic rings. The van der Waals surface area contributed by atoms with E-state index in [0.29, 0.717) is 36.6 Å². The third kappa shape index (κ3) is 4.48. The Kier molecular flexibility index (Phi) is 6.19. The largest absolute Gasteiger partial charge is 0.379 e. The van der Waals surface area contributed by atoms with Crippen LogP contribution in [0.5, 0.6) is 0 Å². The van der Waals surface area contributed by atoms with Crippen LogP contribution >= 0.6 is 0 Å². The summed E-state index contributed by atoms with van der Waals surface area (Å²) in [6.45, 7) is 7.60. The van der Waals surface area contributed by atoms with Gasteiger partial charge in [0.25, 0.3) is 17.7 Å². The van der Waals surface area contributed by atoms with E-state index in [0.717, 1.165) is 35.5 Å². The molecule has 3 aromatic carbocycles. The molecule has 2 heterocycles. The number of nitrogens with zero attached hydrogens (tertiary/aromatic N) is 2. The van der Waals surface area contributed by atoms with E-state index in [2.05, 4.69) is 10.2 Å². The van der Waals surface area contributed by atoms with Crippen molar-refractivity contribution in [2.24, 2.45) is 0 Å². The summed E-state index contributed by atoms with van der Waals surface area (Å²) >= 11 is 0. The van der Waals surface area contributed by atoms with Gasteiger partial charge in [0, 0.05) is 30.9 Å². The van der Waals surface area contributed by atoms with Crippen molar-refractivity contribution in [1.29, 1.82) is 0 Å². The fraction of sp³-hybridized carbons (Fsp3) is 0.250. The van der Waals surface area contributed by atoms with Crippen LogP contribution in [0.15, 0.2) is 60.7 Å². The molecule has 0 radical (unpaired) electrons. The van der Waals surface area contributed by atoms with E-state index < -0.39 is 5.91 Å². The summed E-state index contributed by atoms with van der Waals surface area (Å²) in [5, 5.41) is 2.99. The highest BCUT2D eigenvalue weighted by Gasteiger charge is 2.37. The lowest BCUT2D eigenvalue weighted by Crippen LogP contribution is -2.35. The van der Waals surface area contributed by atoms with Gasteiger partial charge < -0.3 is 10.1 Å². The van der Waals surface area contributed by atoms with Gasteiger partial charge in [-0.3, -0.25) is 19.3 Å². The first-order valence-electron chi connectivity index (χ1n) is 11.7.